The SMILES string of the molecule is CCCC(=O)NCCc1[nH]c2ccccc2[n+]1Cc1ccccc1. The average Bonchev–Trinajstić information content (AvgIpc) is 2.94. The molecule has 0 aliphatic carbocycles. The second-order valence-electron chi connectivity index (χ2n) is 6.01. The highest BCUT2D eigenvalue weighted by atomic mass is 16.1. The number of para-hydroxylation sites is 2. The second-order valence-corrected chi connectivity index (χ2v) is 6.01. The van der Waals surface area contributed by atoms with E-state index in [1.807, 2.05) is 19.1 Å². The first kappa shape index (κ1) is 16.2. The zero-order valence-corrected chi connectivity index (χ0v) is 14.1. The molecule has 0 spiro atoms. The molecule has 3 aromatic rings. The Hall–Kier alpha value is -2.62. The van der Waals surface area contributed by atoms with Gasteiger partial charge in [-0.2, -0.15) is 0 Å². The molecule has 0 aliphatic heterocycles. The molecule has 0 radical (unpaired) electrons. The molecular weight excluding hydrogens is 298 g/mol. The number of nitrogens with one attached hydrogen (secondary N) is 2. The van der Waals surface area contributed by atoms with Crippen molar-refractivity contribution in [2.24, 2.45) is 0 Å². The Balaban J connectivity index is 1.81. The third-order valence-corrected chi connectivity index (χ3v) is 4.14. The van der Waals surface area contributed by atoms with Crippen LogP contribution in [0.2, 0.25) is 0 Å². The van der Waals surface area contributed by atoms with Gasteiger partial charge in [-0.3, -0.25) is 4.79 Å². The molecule has 4 heteroatoms. The van der Waals surface area contributed by atoms with Crippen LogP contribution in [0.25, 0.3) is 11.0 Å². The van der Waals surface area contributed by atoms with Gasteiger partial charge in [-0.05, 0) is 24.1 Å². The number of amides is 1. The number of H-pyrrole nitrogens is 1. The zero-order chi connectivity index (χ0) is 16.8. The number of rotatable bonds is 7. The van der Waals surface area contributed by atoms with E-state index in [-0.39, 0.29) is 5.91 Å². The molecule has 24 heavy (non-hydrogen) atoms. The number of nitrogens with zero attached hydrogens (tertiary/aromatic N) is 1. The third-order valence-electron chi connectivity index (χ3n) is 4.14. The van der Waals surface area contributed by atoms with Crippen molar-refractivity contribution in [3.63, 3.8) is 0 Å². The van der Waals surface area contributed by atoms with E-state index in [0.29, 0.717) is 13.0 Å². The van der Waals surface area contributed by atoms with Gasteiger partial charge in [-0.1, -0.05) is 49.4 Å². The zero-order valence-electron chi connectivity index (χ0n) is 14.1. The maximum absolute atomic E-state index is 11.7. The fourth-order valence-corrected chi connectivity index (χ4v) is 2.96. The Bertz CT molecular complexity index is 808. The first-order valence-electron chi connectivity index (χ1n) is 8.58. The van der Waals surface area contributed by atoms with E-state index in [2.05, 4.69) is 57.3 Å². The minimum atomic E-state index is 0.128. The molecule has 2 N–H and O–H groups in total. The summed E-state index contributed by atoms with van der Waals surface area (Å²) in [4.78, 5) is 15.2. The summed E-state index contributed by atoms with van der Waals surface area (Å²) in [6.07, 6.45) is 2.26. The van der Waals surface area contributed by atoms with Crippen molar-refractivity contribution in [2.75, 3.05) is 6.54 Å². The monoisotopic (exact) mass is 322 g/mol. The first-order valence-corrected chi connectivity index (χ1v) is 8.58. The molecule has 0 aliphatic rings. The van der Waals surface area contributed by atoms with Crippen molar-refractivity contribution in [1.29, 1.82) is 0 Å². The van der Waals surface area contributed by atoms with Crippen LogP contribution in [0, 0.1) is 0 Å². The highest BCUT2D eigenvalue weighted by Gasteiger charge is 2.18. The number of carbonyl (C=O) groups is 1. The number of carbonyl (C=O) groups excluding carboxylic acids is 1. The van der Waals surface area contributed by atoms with Crippen molar-refractivity contribution in [1.82, 2.24) is 10.3 Å². The van der Waals surface area contributed by atoms with Gasteiger partial charge < -0.3 is 5.32 Å². The summed E-state index contributed by atoms with van der Waals surface area (Å²) >= 11 is 0. The normalized spacial score (nSPS) is 10.9. The lowest BCUT2D eigenvalue weighted by Gasteiger charge is -2.04. The maximum atomic E-state index is 11.7. The molecule has 1 heterocycles. The summed E-state index contributed by atoms with van der Waals surface area (Å²) in [6, 6.07) is 18.8. The largest absolute Gasteiger partial charge is 0.355 e. The molecule has 0 saturated carbocycles. The third kappa shape index (κ3) is 3.82. The molecule has 0 bridgehead atoms. The summed E-state index contributed by atoms with van der Waals surface area (Å²) in [5.74, 6) is 1.26. The van der Waals surface area contributed by atoms with Crippen molar-refractivity contribution in [2.45, 2.75) is 32.7 Å². The Morgan fingerprint density at radius 2 is 1.83 bits per heavy atom. The predicted octanol–water partition coefficient (Wildman–Crippen LogP) is 2.96. The van der Waals surface area contributed by atoms with Gasteiger partial charge in [0.15, 0.2) is 11.0 Å². The number of aromatic nitrogens is 2. The van der Waals surface area contributed by atoms with Gasteiger partial charge in [0.05, 0.1) is 6.42 Å². The van der Waals surface area contributed by atoms with E-state index < -0.39 is 0 Å². The van der Waals surface area contributed by atoms with Gasteiger partial charge in [-0.15, -0.1) is 0 Å². The molecule has 124 valence electrons. The predicted molar refractivity (Wildman–Crippen MR) is 95.7 cm³/mol. The van der Waals surface area contributed by atoms with Crippen LogP contribution in [-0.4, -0.2) is 17.4 Å². The summed E-state index contributed by atoms with van der Waals surface area (Å²) in [7, 11) is 0. The fourth-order valence-electron chi connectivity index (χ4n) is 2.96. The molecule has 1 aromatic heterocycles. The lowest BCUT2D eigenvalue weighted by atomic mass is 10.2. The molecule has 0 fully saturated rings. The maximum Gasteiger partial charge on any atom is 0.257 e. The van der Waals surface area contributed by atoms with Gasteiger partial charge in [0.1, 0.15) is 6.54 Å². The van der Waals surface area contributed by atoms with Crippen LogP contribution < -0.4 is 9.88 Å². The van der Waals surface area contributed by atoms with E-state index in [1.165, 1.54) is 11.1 Å². The Kier molecular flexibility index (Phi) is 5.26. The van der Waals surface area contributed by atoms with Crippen molar-refractivity contribution in [3.8, 4) is 0 Å². The smallest absolute Gasteiger partial charge is 0.257 e. The minimum Gasteiger partial charge on any atom is -0.355 e. The van der Waals surface area contributed by atoms with Gasteiger partial charge in [0, 0.05) is 13.0 Å². The molecule has 0 unspecified atom stereocenters. The van der Waals surface area contributed by atoms with E-state index in [9.17, 15) is 4.79 Å². The molecule has 0 atom stereocenters. The lowest BCUT2D eigenvalue weighted by molar-refractivity contribution is -0.669. The first-order chi connectivity index (χ1) is 11.8. The van der Waals surface area contributed by atoms with E-state index in [4.69, 9.17) is 0 Å². The van der Waals surface area contributed by atoms with Crippen LogP contribution >= 0.6 is 0 Å². The van der Waals surface area contributed by atoms with E-state index in [1.54, 1.807) is 0 Å². The van der Waals surface area contributed by atoms with Crippen LogP contribution in [0.4, 0.5) is 0 Å². The van der Waals surface area contributed by atoms with Gasteiger partial charge >= 0.3 is 0 Å². The molecule has 1 amide bonds. The minimum absolute atomic E-state index is 0.128. The highest BCUT2D eigenvalue weighted by molar-refractivity contribution is 5.75. The van der Waals surface area contributed by atoms with Crippen molar-refractivity contribution >= 4 is 16.9 Å². The molecule has 0 saturated heterocycles. The molecular formula is C20H24N3O+. The Morgan fingerprint density at radius 1 is 1.08 bits per heavy atom. The van der Waals surface area contributed by atoms with Crippen LogP contribution in [0.3, 0.4) is 0 Å². The molecule has 4 nitrogen and oxygen atoms in total. The van der Waals surface area contributed by atoms with Crippen LogP contribution in [0.5, 0.6) is 0 Å². The number of benzene rings is 2. The topological polar surface area (TPSA) is 48.8 Å². The van der Waals surface area contributed by atoms with Gasteiger partial charge in [0.25, 0.3) is 5.82 Å². The Labute approximate surface area is 142 Å². The average molecular weight is 322 g/mol. The number of imidazole rings is 1. The van der Waals surface area contributed by atoms with E-state index in [0.717, 1.165) is 30.7 Å². The Morgan fingerprint density at radius 3 is 2.62 bits per heavy atom. The number of hydrogen-bond donors (Lipinski definition) is 2. The standard InChI is InChI=1S/C20H23N3O/c1-2-8-20(24)21-14-13-19-22-17-11-6-7-12-18(17)23(19)15-16-9-4-3-5-10-16/h3-7,9-12H,2,8,13-15H2,1H3,(H,21,24)/p+1. The van der Waals surface area contributed by atoms with Crippen LogP contribution in [0.15, 0.2) is 54.6 Å². The fraction of sp³-hybridized carbons (Fsp3) is 0.300. The summed E-state index contributed by atoms with van der Waals surface area (Å²) < 4.78 is 2.30. The quantitative estimate of drug-likeness (QED) is 0.646. The summed E-state index contributed by atoms with van der Waals surface area (Å²) in [6.45, 7) is 3.49. The van der Waals surface area contributed by atoms with Crippen LogP contribution in [0.1, 0.15) is 31.2 Å². The van der Waals surface area contributed by atoms with Crippen molar-refractivity contribution in [3.05, 3.63) is 66.0 Å². The second kappa shape index (κ2) is 7.77. The van der Waals surface area contributed by atoms with Gasteiger partial charge in [-0.25, -0.2) is 9.55 Å². The summed E-state index contributed by atoms with van der Waals surface area (Å²) in [5, 5.41) is 3.00. The van der Waals surface area contributed by atoms with Gasteiger partial charge in [0.2, 0.25) is 5.91 Å². The molecule has 2 aromatic carbocycles. The highest BCUT2D eigenvalue weighted by Crippen LogP contribution is 2.11. The lowest BCUT2D eigenvalue weighted by Crippen LogP contribution is -2.39. The summed E-state index contributed by atoms with van der Waals surface area (Å²) in [5.41, 5.74) is 3.59. The van der Waals surface area contributed by atoms with Crippen LogP contribution in [-0.2, 0) is 17.8 Å². The van der Waals surface area contributed by atoms with E-state index >= 15 is 0 Å². The molecule has 3 rings (SSSR count). The van der Waals surface area contributed by atoms with Crippen molar-refractivity contribution < 1.29 is 9.36 Å². The number of hydrogen-bond acceptors (Lipinski definition) is 1. The number of aromatic amines is 1. The number of fused-ring (bicyclic) bond motifs is 1.